The Bertz CT molecular complexity index is 1570. The third-order valence-electron chi connectivity index (χ3n) is 6.17. The molecule has 1 amide bonds. The summed E-state index contributed by atoms with van der Waals surface area (Å²) >= 11 is 6.09. The molecule has 1 unspecified atom stereocenters. The van der Waals surface area contributed by atoms with Crippen LogP contribution in [0.2, 0.25) is 0 Å². The van der Waals surface area contributed by atoms with Crippen LogP contribution >= 0.6 is 39.0 Å². The highest BCUT2D eigenvalue weighted by Gasteiger charge is 2.48. The molecule has 3 aromatic carbocycles. The van der Waals surface area contributed by atoms with E-state index in [1.165, 1.54) is 35.1 Å². The van der Waals surface area contributed by atoms with Gasteiger partial charge in [-0.2, -0.15) is 0 Å². The maximum atomic E-state index is 13.5. The summed E-state index contributed by atoms with van der Waals surface area (Å²) in [4.78, 5) is 28.3. The SMILES string of the molecule is CCOc1ccc(C2/C(=C(/O)c3ccc(Br)cc3)C(=O)C(=O)N2c2nnc(SCc3ccccc3)s2)cc1OC. The highest BCUT2D eigenvalue weighted by Crippen LogP contribution is 2.45. The number of Topliss-reactive ketones (excluding diaryl/α,β-unsaturated/α-hetero) is 1. The number of benzene rings is 3. The average molecular weight is 639 g/mol. The predicted molar refractivity (Wildman–Crippen MR) is 159 cm³/mol. The minimum Gasteiger partial charge on any atom is -0.507 e. The summed E-state index contributed by atoms with van der Waals surface area (Å²) in [5, 5.41) is 20.1. The number of ketones is 1. The zero-order valence-corrected chi connectivity index (χ0v) is 24.8. The van der Waals surface area contributed by atoms with E-state index in [1.807, 2.05) is 37.3 Å². The standard InChI is InChI=1S/C29H24BrN3O5S2/c1-3-38-21-14-11-19(15-22(21)37-2)24-23(25(34)18-9-12-20(30)13-10-18)26(35)27(36)33(24)28-31-32-29(40-28)39-16-17-7-5-4-6-8-17/h4-15,24,34H,3,16H2,1-2H3/b25-23-. The van der Waals surface area contributed by atoms with Gasteiger partial charge in [-0.1, -0.05) is 87.6 Å². The van der Waals surface area contributed by atoms with Crippen molar-refractivity contribution in [3.8, 4) is 11.5 Å². The van der Waals surface area contributed by atoms with Crippen molar-refractivity contribution in [2.75, 3.05) is 18.6 Å². The number of anilines is 1. The van der Waals surface area contributed by atoms with Crippen molar-refractivity contribution in [1.29, 1.82) is 0 Å². The molecule has 1 atom stereocenters. The molecule has 2 heterocycles. The Morgan fingerprint density at radius 3 is 2.50 bits per heavy atom. The number of methoxy groups -OCH3 is 1. The van der Waals surface area contributed by atoms with Crippen molar-refractivity contribution in [2.45, 2.75) is 23.1 Å². The number of thioether (sulfide) groups is 1. The Labute approximate surface area is 247 Å². The van der Waals surface area contributed by atoms with Gasteiger partial charge in [0.15, 0.2) is 15.8 Å². The number of hydrogen-bond donors (Lipinski definition) is 1. The molecule has 4 aromatic rings. The number of halogens is 1. The van der Waals surface area contributed by atoms with Crippen LogP contribution in [0.5, 0.6) is 11.5 Å². The first-order valence-electron chi connectivity index (χ1n) is 12.3. The Hall–Kier alpha value is -3.67. The lowest BCUT2D eigenvalue weighted by atomic mass is 9.95. The lowest BCUT2D eigenvalue weighted by Gasteiger charge is -2.23. The topological polar surface area (TPSA) is 102 Å². The number of carbonyl (C=O) groups excluding carboxylic acids is 2. The molecule has 8 nitrogen and oxygen atoms in total. The summed E-state index contributed by atoms with van der Waals surface area (Å²) in [6, 6.07) is 21.0. The van der Waals surface area contributed by atoms with E-state index in [4.69, 9.17) is 9.47 Å². The van der Waals surface area contributed by atoms with Crippen LogP contribution in [-0.4, -0.2) is 40.7 Å². The van der Waals surface area contributed by atoms with Crippen molar-refractivity contribution >= 4 is 61.6 Å². The second-order valence-corrected chi connectivity index (χ2v) is 11.7. The van der Waals surface area contributed by atoms with Crippen molar-refractivity contribution < 1.29 is 24.2 Å². The first-order valence-corrected chi connectivity index (χ1v) is 14.9. The molecule has 11 heteroatoms. The normalized spacial score (nSPS) is 16.4. The van der Waals surface area contributed by atoms with Gasteiger partial charge in [0.05, 0.1) is 25.3 Å². The number of carbonyl (C=O) groups is 2. The number of hydrogen-bond acceptors (Lipinski definition) is 9. The van der Waals surface area contributed by atoms with Gasteiger partial charge >= 0.3 is 5.91 Å². The number of aliphatic hydroxyl groups is 1. The summed E-state index contributed by atoms with van der Waals surface area (Å²) in [5.74, 6) is -0.259. The van der Waals surface area contributed by atoms with E-state index in [1.54, 1.807) is 42.5 Å². The fraction of sp³-hybridized carbons (Fsp3) is 0.172. The molecule has 1 aliphatic heterocycles. The first kappa shape index (κ1) is 27.9. The van der Waals surface area contributed by atoms with E-state index in [-0.39, 0.29) is 16.5 Å². The Morgan fingerprint density at radius 2 is 1.80 bits per heavy atom. The van der Waals surface area contributed by atoms with Gasteiger partial charge in [0, 0.05) is 15.8 Å². The molecule has 1 aliphatic rings. The number of nitrogens with zero attached hydrogens (tertiary/aromatic N) is 3. The molecule has 1 saturated heterocycles. The second kappa shape index (κ2) is 12.2. The molecule has 0 saturated carbocycles. The average Bonchev–Trinajstić information content (AvgIpc) is 3.54. The fourth-order valence-electron chi connectivity index (χ4n) is 4.31. The second-order valence-electron chi connectivity index (χ2n) is 8.64. The number of aromatic nitrogens is 2. The van der Waals surface area contributed by atoms with Gasteiger partial charge in [-0.05, 0) is 42.3 Å². The van der Waals surface area contributed by atoms with Crippen molar-refractivity contribution in [3.05, 3.63) is 99.5 Å². The smallest absolute Gasteiger partial charge is 0.301 e. The zero-order valence-electron chi connectivity index (χ0n) is 21.5. The Kier molecular flexibility index (Phi) is 8.53. The molecule has 1 fully saturated rings. The van der Waals surface area contributed by atoms with Gasteiger partial charge in [0.25, 0.3) is 5.78 Å². The van der Waals surface area contributed by atoms with Gasteiger partial charge < -0.3 is 14.6 Å². The third-order valence-corrected chi connectivity index (χ3v) is 8.83. The van der Waals surface area contributed by atoms with Gasteiger partial charge in [0.2, 0.25) is 5.13 Å². The van der Waals surface area contributed by atoms with E-state index >= 15 is 0 Å². The van der Waals surface area contributed by atoms with Crippen LogP contribution in [0.4, 0.5) is 5.13 Å². The van der Waals surface area contributed by atoms with E-state index in [0.717, 1.165) is 10.0 Å². The highest BCUT2D eigenvalue weighted by atomic mass is 79.9. The Morgan fingerprint density at radius 1 is 1.05 bits per heavy atom. The number of ether oxygens (including phenoxy) is 2. The van der Waals surface area contributed by atoms with E-state index in [9.17, 15) is 14.7 Å². The number of aliphatic hydroxyl groups excluding tert-OH is 1. The highest BCUT2D eigenvalue weighted by molar-refractivity contribution is 9.10. The summed E-state index contributed by atoms with van der Waals surface area (Å²) in [6.07, 6.45) is 0. The van der Waals surface area contributed by atoms with Gasteiger partial charge in [0.1, 0.15) is 5.76 Å². The largest absolute Gasteiger partial charge is 0.507 e. The quantitative estimate of drug-likeness (QED) is 0.0718. The van der Waals surface area contributed by atoms with Crippen LogP contribution in [0.15, 0.2) is 87.2 Å². The van der Waals surface area contributed by atoms with E-state index < -0.39 is 17.7 Å². The predicted octanol–water partition coefficient (Wildman–Crippen LogP) is 6.63. The molecule has 0 bridgehead atoms. The molecule has 40 heavy (non-hydrogen) atoms. The van der Waals surface area contributed by atoms with Crippen molar-refractivity contribution in [1.82, 2.24) is 10.2 Å². The molecule has 204 valence electrons. The monoisotopic (exact) mass is 637 g/mol. The molecule has 0 aliphatic carbocycles. The van der Waals surface area contributed by atoms with Gasteiger partial charge in [-0.25, -0.2) is 0 Å². The fourth-order valence-corrected chi connectivity index (χ4v) is 6.40. The van der Waals surface area contributed by atoms with Crippen LogP contribution in [0, 0.1) is 0 Å². The van der Waals surface area contributed by atoms with Gasteiger partial charge in [-0.15, -0.1) is 10.2 Å². The molecular weight excluding hydrogens is 614 g/mol. The Balaban J connectivity index is 1.58. The zero-order chi connectivity index (χ0) is 28.2. The lowest BCUT2D eigenvalue weighted by molar-refractivity contribution is -0.132. The van der Waals surface area contributed by atoms with E-state index in [0.29, 0.717) is 39.3 Å². The van der Waals surface area contributed by atoms with Crippen LogP contribution in [-0.2, 0) is 15.3 Å². The van der Waals surface area contributed by atoms with E-state index in [2.05, 4.69) is 26.1 Å². The summed E-state index contributed by atoms with van der Waals surface area (Å²) in [5.41, 5.74) is 2.03. The molecule has 1 N–H and O–H groups in total. The van der Waals surface area contributed by atoms with Crippen molar-refractivity contribution in [2.24, 2.45) is 0 Å². The molecule has 0 spiro atoms. The van der Waals surface area contributed by atoms with Crippen LogP contribution in [0.3, 0.4) is 0 Å². The maximum absolute atomic E-state index is 13.5. The van der Waals surface area contributed by atoms with Crippen LogP contribution in [0.1, 0.15) is 29.7 Å². The number of amides is 1. The van der Waals surface area contributed by atoms with Crippen LogP contribution < -0.4 is 14.4 Å². The minimum atomic E-state index is -0.965. The van der Waals surface area contributed by atoms with Crippen LogP contribution in [0.25, 0.3) is 5.76 Å². The number of rotatable bonds is 9. The summed E-state index contributed by atoms with van der Waals surface area (Å²) < 4.78 is 12.7. The molecule has 5 rings (SSSR count). The van der Waals surface area contributed by atoms with Gasteiger partial charge in [-0.3, -0.25) is 14.5 Å². The van der Waals surface area contributed by atoms with Crippen molar-refractivity contribution in [3.63, 3.8) is 0 Å². The third kappa shape index (κ3) is 5.63. The molecule has 1 aromatic heterocycles. The first-order chi connectivity index (χ1) is 19.4. The maximum Gasteiger partial charge on any atom is 0.301 e. The molecule has 0 radical (unpaired) electrons. The lowest BCUT2D eigenvalue weighted by Crippen LogP contribution is -2.29. The summed E-state index contributed by atoms with van der Waals surface area (Å²) in [7, 11) is 1.52. The minimum absolute atomic E-state index is 0.0489. The summed E-state index contributed by atoms with van der Waals surface area (Å²) in [6.45, 7) is 2.30. The molecular formula is C29H24BrN3O5S2.